The van der Waals surface area contributed by atoms with Crippen molar-refractivity contribution in [3.63, 3.8) is 0 Å². The van der Waals surface area contributed by atoms with Gasteiger partial charge in [0.2, 0.25) is 5.76 Å². The molecule has 0 bridgehead atoms. The van der Waals surface area contributed by atoms with Gasteiger partial charge in [0.25, 0.3) is 5.91 Å². The summed E-state index contributed by atoms with van der Waals surface area (Å²) in [5, 5.41) is 13.8. The van der Waals surface area contributed by atoms with E-state index in [1.165, 1.54) is 25.3 Å². The first-order valence-electron chi connectivity index (χ1n) is 11.5. The van der Waals surface area contributed by atoms with Crippen LogP contribution in [0.4, 0.5) is 9.52 Å². The van der Waals surface area contributed by atoms with Crippen LogP contribution < -0.4 is 5.32 Å². The van der Waals surface area contributed by atoms with Crippen molar-refractivity contribution < 1.29 is 28.6 Å². The molecule has 0 spiro atoms. The van der Waals surface area contributed by atoms with Crippen molar-refractivity contribution in [1.82, 2.24) is 4.98 Å². The van der Waals surface area contributed by atoms with Crippen LogP contribution in [0.3, 0.4) is 0 Å². The first kappa shape index (κ1) is 29.6. The maximum absolute atomic E-state index is 15.2. The number of carboxylic acid groups (broad SMARTS) is 1. The molecule has 3 rings (SSSR count). The number of halogens is 3. The summed E-state index contributed by atoms with van der Waals surface area (Å²) in [7, 11) is 1.20. The van der Waals surface area contributed by atoms with Gasteiger partial charge in [-0.3, -0.25) is 10.1 Å². The molecule has 0 unspecified atom stereocenters. The van der Waals surface area contributed by atoms with Crippen molar-refractivity contribution in [2.24, 2.45) is 5.41 Å². The molecule has 11 heteroatoms. The van der Waals surface area contributed by atoms with Crippen molar-refractivity contribution in [1.29, 1.82) is 0 Å². The van der Waals surface area contributed by atoms with E-state index in [1.807, 2.05) is 0 Å². The summed E-state index contributed by atoms with van der Waals surface area (Å²) in [4.78, 5) is 28.4. The lowest BCUT2D eigenvalue weighted by atomic mass is 9.93. The molecule has 3 aromatic rings. The Kier molecular flexibility index (Phi) is 9.89. The Morgan fingerprint density at radius 3 is 2.50 bits per heavy atom. The molecule has 7 nitrogen and oxygen atoms in total. The van der Waals surface area contributed by atoms with Crippen LogP contribution in [0.5, 0.6) is 0 Å². The Morgan fingerprint density at radius 1 is 1.21 bits per heavy atom. The summed E-state index contributed by atoms with van der Waals surface area (Å²) >= 11 is 13.6. The normalized spacial score (nSPS) is 11.9. The molecule has 0 radical (unpaired) electrons. The van der Waals surface area contributed by atoms with Crippen molar-refractivity contribution >= 4 is 57.6 Å². The van der Waals surface area contributed by atoms with E-state index < -0.39 is 17.7 Å². The Morgan fingerprint density at radius 2 is 1.89 bits per heavy atom. The van der Waals surface area contributed by atoms with Crippen LogP contribution in [0.2, 0.25) is 10.0 Å². The van der Waals surface area contributed by atoms with Crippen LogP contribution in [0.25, 0.3) is 17.3 Å². The predicted octanol–water partition coefficient (Wildman–Crippen LogP) is 7.53. The van der Waals surface area contributed by atoms with E-state index in [2.05, 4.69) is 31.1 Å². The van der Waals surface area contributed by atoms with Gasteiger partial charge in [-0.15, -0.1) is 11.3 Å². The van der Waals surface area contributed by atoms with Gasteiger partial charge in [0.15, 0.2) is 5.13 Å². The van der Waals surface area contributed by atoms with Crippen LogP contribution >= 0.6 is 34.5 Å². The number of benzene rings is 2. The average Bonchev–Trinajstić information content (AvgIpc) is 3.29. The largest absolute Gasteiger partial charge is 0.490 e. The number of carboxylic acids is 1. The van der Waals surface area contributed by atoms with Gasteiger partial charge in [-0.25, -0.2) is 14.2 Å². The number of methoxy groups -OCH3 is 1. The van der Waals surface area contributed by atoms with Crippen LogP contribution in [-0.4, -0.2) is 35.7 Å². The molecule has 38 heavy (non-hydrogen) atoms. The lowest BCUT2D eigenvalue weighted by Crippen LogP contribution is -2.12. The third-order valence-corrected chi connectivity index (χ3v) is 6.76. The smallest absolute Gasteiger partial charge is 0.371 e. The summed E-state index contributed by atoms with van der Waals surface area (Å²) in [6.07, 6.45) is 2.02. The fourth-order valence-electron chi connectivity index (χ4n) is 3.27. The van der Waals surface area contributed by atoms with Gasteiger partial charge in [0.1, 0.15) is 5.82 Å². The number of anilines is 1. The number of carbonyl (C=O) groups is 2. The Balaban J connectivity index is 1.73. The van der Waals surface area contributed by atoms with Crippen molar-refractivity contribution in [3.05, 3.63) is 74.0 Å². The highest BCUT2D eigenvalue weighted by Gasteiger charge is 2.18. The number of amides is 1. The minimum atomic E-state index is -1.30. The highest BCUT2D eigenvalue weighted by atomic mass is 35.5. The van der Waals surface area contributed by atoms with Crippen molar-refractivity contribution in [3.8, 4) is 11.3 Å². The molecule has 0 aliphatic rings. The first-order valence-corrected chi connectivity index (χ1v) is 13.1. The Hall–Kier alpha value is -2.98. The summed E-state index contributed by atoms with van der Waals surface area (Å²) in [6, 6.07) is 7.72. The monoisotopic (exact) mass is 580 g/mol. The molecule has 2 aromatic carbocycles. The standard InChI is InChI=1S/C27H27Cl2FN2O5S/c1-27(2,3)8-9-37-13-15-6-5-7-17(23(15)30)21-14-38-26(31-21)32-24(33)16-10-19(28)18(20(29)11-16)12-22(36-4)25(34)35/h5-7,10-12,14H,8-9,13H2,1-4H3,(H,34,35)(H,31,32,33). The second-order valence-corrected chi connectivity index (χ2v) is 11.2. The second kappa shape index (κ2) is 12.7. The summed E-state index contributed by atoms with van der Waals surface area (Å²) < 4.78 is 25.6. The number of nitrogens with one attached hydrogen (secondary N) is 1. The fraction of sp³-hybridized carbons (Fsp3) is 0.296. The highest BCUT2D eigenvalue weighted by molar-refractivity contribution is 7.14. The molecule has 0 aliphatic heterocycles. The van der Waals surface area contributed by atoms with E-state index in [1.54, 1.807) is 23.6 Å². The summed E-state index contributed by atoms with van der Waals surface area (Å²) in [5.74, 6) is -2.63. The van der Waals surface area contributed by atoms with Crippen LogP contribution in [-0.2, 0) is 20.9 Å². The van der Waals surface area contributed by atoms with Gasteiger partial charge in [-0.1, -0.05) is 56.1 Å². The van der Waals surface area contributed by atoms with E-state index in [0.717, 1.165) is 17.8 Å². The average molecular weight is 581 g/mol. The molecule has 0 saturated carbocycles. The summed E-state index contributed by atoms with van der Waals surface area (Å²) in [5.41, 5.74) is 1.55. The first-order chi connectivity index (χ1) is 17.9. The highest BCUT2D eigenvalue weighted by Crippen LogP contribution is 2.31. The van der Waals surface area contributed by atoms with Crippen molar-refractivity contribution in [2.45, 2.75) is 33.8 Å². The van der Waals surface area contributed by atoms with E-state index >= 15 is 4.39 Å². The maximum atomic E-state index is 15.2. The predicted molar refractivity (Wildman–Crippen MR) is 148 cm³/mol. The van der Waals surface area contributed by atoms with Crippen LogP contribution in [0, 0.1) is 11.2 Å². The maximum Gasteiger partial charge on any atom is 0.371 e. The quantitative estimate of drug-likeness (QED) is 0.146. The van der Waals surface area contributed by atoms with E-state index in [9.17, 15) is 9.59 Å². The molecular formula is C27H27Cl2FN2O5S. The third kappa shape index (κ3) is 7.77. The number of carbonyl (C=O) groups excluding carboxylic acids is 1. The minimum absolute atomic E-state index is 0.0573. The topological polar surface area (TPSA) is 97.8 Å². The lowest BCUT2D eigenvalue weighted by Gasteiger charge is -2.17. The van der Waals surface area contributed by atoms with Crippen LogP contribution in [0.1, 0.15) is 48.7 Å². The molecule has 0 atom stereocenters. The number of hydrogen-bond donors (Lipinski definition) is 2. The molecule has 0 fully saturated rings. The SMILES string of the molecule is COC(=Cc1c(Cl)cc(C(=O)Nc2nc(-c3cccc(COCCC(C)(C)C)c3F)cs2)cc1Cl)C(=O)O. The second-order valence-electron chi connectivity index (χ2n) is 9.51. The lowest BCUT2D eigenvalue weighted by molar-refractivity contribution is -0.135. The molecular weight excluding hydrogens is 554 g/mol. The Bertz CT molecular complexity index is 1340. The van der Waals surface area contributed by atoms with E-state index in [4.69, 9.17) is 37.8 Å². The molecule has 1 amide bonds. The van der Waals surface area contributed by atoms with Gasteiger partial charge >= 0.3 is 5.97 Å². The van der Waals surface area contributed by atoms with Gasteiger partial charge < -0.3 is 14.6 Å². The number of nitrogens with zero attached hydrogens (tertiary/aromatic N) is 1. The fourth-order valence-corrected chi connectivity index (χ4v) is 4.57. The van der Waals surface area contributed by atoms with E-state index in [0.29, 0.717) is 23.4 Å². The van der Waals surface area contributed by atoms with Gasteiger partial charge in [-0.05, 0) is 36.1 Å². The molecule has 202 valence electrons. The third-order valence-electron chi connectivity index (χ3n) is 5.38. The zero-order valence-corrected chi connectivity index (χ0v) is 23.6. The van der Waals surface area contributed by atoms with Gasteiger partial charge in [0.05, 0.1) is 29.5 Å². The summed E-state index contributed by atoms with van der Waals surface area (Å²) in [6.45, 7) is 7.02. The van der Waals surface area contributed by atoms with Crippen molar-refractivity contribution in [2.75, 3.05) is 19.0 Å². The zero-order chi connectivity index (χ0) is 28.0. The number of thiazole rings is 1. The number of ether oxygens (including phenoxy) is 2. The van der Waals surface area contributed by atoms with Crippen LogP contribution in [0.15, 0.2) is 41.5 Å². The number of hydrogen-bond acceptors (Lipinski definition) is 6. The van der Waals surface area contributed by atoms with Gasteiger partial charge in [0, 0.05) is 34.2 Å². The zero-order valence-electron chi connectivity index (χ0n) is 21.2. The number of aromatic nitrogens is 1. The van der Waals surface area contributed by atoms with Gasteiger partial charge in [-0.2, -0.15) is 0 Å². The molecule has 0 saturated heterocycles. The molecule has 1 aromatic heterocycles. The number of aliphatic carboxylic acids is 1. The molecule has 0 aliphatic carbocycles. The van der Waals surface area contributed by atoms with E-state index in [-0.39, 0.29) is 44.1 Å². The molecule has 2 N–H and O–H groups in total. The number of rotatable bonds is 10. The molecule has 1 heterocycles. The Labute approximate surface area is 234 Å². The minimum Gasteiger partial charge on any atom is -0.490 e.